The molecule has 3 aromatic heterocycles. The Balaban J connectivity index is 1.50. The highest BCUT2D eigenvalue weighted by Gasteiger charge is 2.18. The molecular weight excluding hydrogens is 350 g/mol. The molecule has 136 valence electrons. The maximum Gasteiger partial charge on any atom is 0.129 e. The summed E-state index contributed by atoms with van der Waals surface area (Å²) < 4.78 is 7.60. The largest absolute Gasteiger partial charge is 0.378 e. The summed E-state index contributed by atoms with van der Waals surface area (Å²) in [5.74, 6) is 0. The average molecular weight is 372 g/mol. The zero-order valence-electron chi connectivity index (χ0n) is 14.8. The van der Waals surface area contributed by atoms with Crippen LogP contribution in [-0.2, 0) is 11.3 Å². The summed E-state index contributed by atoms with van der Waals surface area (Å²) in [6.07, 6.45) is 8.44. The fraction of sp³-hybridized carbons (Fsp3) is 0.421. The van der Waals surface area contributed by atoms with E-state index in [1.165, 1.54) is 25.9 Å². The van der Waals surface area contributed by atoms with Gasteiger partial charge < -0.3 is 9.64 Å². The van der Waals surface area contributed by atoms with Gasteiger partial charge in [-0.2, -0.15) is 5.10 Å². The average Bonchev–Trinajstić information content (AvgIpc) is 3.32. The topological polar surface area (TPSA) is 56.1 Å². The molecule has 0 aliphatic carbocycles. The van der Waals surface area contributed by atoms with Gasteiger partial charge in [0, 0.05) is 37.2 Å². The van der Waals surface area contributed by atoms with Crippen LogP contribution in [0.2, 0.25) is 5.15 Å². The Kier molecular flexibility index (Phi) is 5.15. The summed E-state index contributed by atoms with van der Waals surface area (Å²) in [5.41, 5.74) is 3.60. The van der Waals surface area contributed by atoms with Gasteiger partial charge >= 0.3 is 0 Å². The lowest BCUT2D eigenvalue weighted by Gasteiger charge is -2.22. The molecule has 1 fully saturated rings. The summed E-state index contributed by atoms with van der Waals surface area (Å²) in [6, 6.07) is 5.62. The Labute approximate surface area is 157 Å². The van der Waals surface area contributed by atoms with E-state index in [0.717, 1.165) is 35.2 Å². The molecule has 1 aliphatic heterocycles. The molecule has 0 aromatic carbocycles. The van der Waals surface area contributed by atoms with Crippen molar-refractivity contribution in [1.82, 2.24) is 24.6 Å². The number of pyridine rings is 2. The number of fused-ring (bicyclic) bond motifs is 1. The third-order valence-electron chi connectivity index (χ3n) is 4.85. The van der Waals surface area contributed by atoms with Crippen LogP contribution in [0.1, 0.15) is 12.8 Å². The van der Waals surface area contributed by atoms with Crippen molar-refractivity contribution in [3.63, 3.8) is 0 Å². The third kappa shape index (κ3) is 3.87. The molecule has 0 radical (unpaired) electrons. The van der Waals surface area contributed by atoms with Crippen LogP contribution in [0.25, 0.3) is 22.2 Å². The van der Waals surface area contributed by atoms with Gasteiger partial charge in [-0.25, -0.2) is 4.98 Å². The summed E-state index contributed by atoms with van der Waals surface area (Å²) >= 11 is 5.99. The van der Waals surface area contributed by atoms with Crippen LogP contribution < -0.4 is 0 Å². The maximum atomic E-state index is 5.99. The number of ether oxygens (including phenoxy) is 1. The van der Waals surface area contributed by atoms with Crippen molar-refractivity contribution < 1.29 is 4.74 Å². The van der Waals surface area contributed by atoms with E-state index < -0.39 is 0 Å². The summed E-state index contributed by atoms with van der Waals surface area (Å²) in [7, 11) is 1.77. The molecule has 3 aromatic rings. The number of hydrogen-bond donors (Lipinski definition) is 0. The zero-order chi connectivity index (χ0) is 17.9. The number of halogens is 1. The third-order valence-corrected chi connectivity index (χ3v) is 5.06. The molecule has 1 unspecified atom stereocenters. The number of hydrogen-bond acceptors (Lipinski definition) is 5. The minimum atomic E-state index is 0.135. The lowest BCUT2D eigenvalue weighted by molar-refractivity contribution is 0.0558. The highest BCUT2D eigenvalue weighted by molar-refractivity contribution is 6.29. The molecule has 0 amide bonds. The van der Waals surface area contributed by atoms with Crippen LogP contribution in [-0.4, -0.2) is 57.5 Å². The van der Waals surface area contributed by atoms with Crippen molar-refractivity contribution in [1.29, 1.82) is 0 Å². The van der Waals surface area contributed by atoms with Crippen molar-refractivity contribution in [2.45, 2.75) is 25.5 Å². The molecule has 1 aliphatic rings. The van der Waals surface area contributed by atoms with Crippen LogP contribution in [0.4, 0.5) is 0 Å². The van der Waals surface area contributed by atoms with E-state index in [1.54, 1.807) is 13.2 Å². The zero-order valence-corrected chi connectivity index (χ0v) is 15.6. The minimum absolute atomic E-state index is 0.135. The number of aromatic nitrogens is 4. The van der Waals surface area contributed by atoms with Crippen molar-refractivity contribution >= 4 is 22.6 Å². The molecule has 0 N–H and O–H groups in total. The molecule has 0 bridgehead atoms. The number of rotatable bonds is 6. The van der Waals surface area contributed by atoms with E-state index in [4.69, 9.17) is 16.3 Å². The van der Waals surface area contributed by atoms with E-state index in [1.807, 2.05) is 35.4 Å². The van der Waals surface area contributed by atoms with Gasteiger partial charge in [0.1, 0.15) is 5.15 Å². The van der Waals surface area contributed by atoms with E-state index in [2.05, 4.69) is 20.0 Å². The lowest BCUT2D eigenvalue weighted by atomic mass is 10.1. The smallest absolute Gasteiger partial charge is 0.129 e. The van der Waals surface area contributed by atoms with Gasteiger partial charge in [-0.05, 0) is 44.1 Å². The molecule has 26 heavy (non-hydrogen) atoms. The second-order valence-electron chi connectivity index (χ2n) is 6.71. The van der Waals surface area contributed by atoms with E-state index in [9.17, 15) is 0 Å². The highest BCUT2D eigenvalue weighted by atomic mass is 35.5. The Morgan fingerprint density at radius 3 is 2.77 bits per heavy atom. The fourth-order valence-corrected chi connectivity index (χ4v) is 3.57. The molecule has 0 saturated carbocycles. The molecule has 7 heteroatoms. The standard InChI is InChI=1S/C19H22ClN5O/c1-26-16(12-24-6-2-3-7-24)13-25-11-15(10-22-25)14-8-18-17(21-9-14)4-5-19(20)23-18/h4-5,8-11,16H,2-3,6-7,12-13H2,1H3. The molecular formula is C19H22ClN5O. The monoisotopic (exact) mass is 371 g/mol. The second kappa shape index (κ2) is 7.70. The van der Waals surface area contributed by atoms with Gasteiger partial charge in [0.05, 0.1) is 29.9 Å². The summed E-state index contributed by atoms with van der Waals surface area (Å²) in [6.45, 7) is 4.02. The van der Waals surface area contributed by atoms with E-state index in [-0.39, 0.29) is 6.10 Å². The fourth-order valence-electron chi connectivity index (χ4n) is 3.42. The van der Waals surface area contributed by atoms with Crippen molar-refractivity contribution in [2.24, 2.45) is 0 Å². The van der Waals surface area contributed by atoms with E-state index >= 15 is 0 Å². The van der Waals surface area contributed by atoms with Gasteiger partial charge in [-0.1, -0.05) is 11.6 Å². The van der Waals surface area contributed by atoms with Gasteiger partial charge in [0.25, 0.3) is 0 Å². The van der Waals surface area contributed by atoms with E-state index in [0.29, 0.717) is 5.15 Å². The van der Waals surface area contributed by atoms with Crippen molar-refractivity contribution in [3.05, 3.63) is 41.9 Å². The Morgan fingerprint density at radius 1 is 1.12 bits per heavy atom. The molecule has 0 spiro atoms. The number of methoxy groups -OCH3 is 1. The summed E-state index contributed by atoms with van der Waals surface area (Å²) in [4.78, 5) is 11.3. The molecule has 4 rings (SSSR count). The SMILES string of the molecule is COC(CN1CCCC1)Cn1cc(-c2cnc3ccc(Cl)nc3c2)cn1. The maximum absolute atomic E-state index is 5.99. The van der Waals surface area contributed by atoms with Crippen LogP contribution in [0.3, 0.4) is 0 Å². The second-order valence-corrected chi connectivity index (χ2v) is 7.10. The van der Waals surface area contributed by atoms with Gasteiger partial charge in [0.2, 0.25) is 0 Å². The van der Waals surface area contributed by atoms with Gasteiger partial charge in [0.15, 0.2) is 0 Å². The van der Waals surface area contributed by atoms with Crippen LogP contribution in [0.15, 0.2) is 36.8 Å². The molecule has 1 saturated heterocycles. The first-order chi connectivity index (χ1) is 12.7. The van der Waals surface area contributed by atoms with Gasteiger partial charge in [-0.3, -0.25) is 9.67 Å². The normalized spacial score (nSPS) is 16.4. The van der Waals surface area contributed by atoms with Crippen molar-refractivity contribution in [2.75, 3.05) is 26.7 Å². The van der Waals surface area contributed by atoms with Crippen LogP contribution >= 0.6 is 11.6 Å². The lowest BCUT2D eigenvalue weighted by Crippen LogP contribution is -2.34. The molecule has 6 nitrogen and oxygen atoms in total. The predicted octanol–water partition coefficient (Wildman–Crippen LogP) is 3.26. The van der Waals surface area contributed by atoms with Crippen LogP contribution in [0.5, 0.6) is 0 Å². The Bertz CT molecular complexity index is 891. The Hall–Kier alpha value is -2.02. The molecule has 1 atom stereocenters. The summed E-state index contributed by atoms with van der Waals surface area (Å²) in [5, 5.41) is 4.97. The first kappa shape index (κ1) is 17.4. The van der Waals surface area contributed by atoms with Gasteiger partial charge in [-0.15, -0.1) is 0 Å². The van der Waals surface area contributed by atoms with Crippen LogP contribution in [0, 0.1) is 0 Å². The first-order valence-electron chi connectivity index (χ1n) is 8.91. The highest BCUT2D eigenvalue weighted by Crippen LogP contribution is 2.22. The molecule has 4 heterocycles. The number of nitrogens with zero attached hydrogens (tertiary/aromatic N) is 5. The minimum Gasteiger partial charge on any atom is -0.378 e. The first-order valence-corrected chi connectivity index (χ1v) is 9.29. The predicted molar refractivity (Wildman–Crippen MR) is 102 cm³/mol. The Morgan fingerprint density at radius 2 is 1.96 bits per heavy atom. The van der Waals surface area contributed by atoms with Crippen molar-refractivity contribution in [3.8, 4) is 11.1 Å². The quantitative estimate of drug-likeness (QED) is 0.622. The number of likely N-dealkylation sites (tertiary alicyclic amines) is 1.